The quantitative estimate of drug-likeness (QED) is 0.783. The van der Waals surface area contributed by atoms with Crippen molar-refractivity contribution in [1.82, 2.24) is 0 Å². The van der Waals surface area contributed by atoms with E-state index in [-0.39, 0.29) is 11.7 Å². The van der Waals surface area contributed by atoms with Crippen molar-refractivity contribution in [2.75, 3.05) is 0 Å². The molecule has 0 N–H and O–H groups in total. The normalized spacial score (nSPS) is 12.9. The molecular formula is C13H16Cl2O. The topological polar surface area (TPSA) is 17.1 Å². The van der Waals surface area contributed by atoms with Crippen molar-refractivity contribution < 1.29 is 4.79 Å². The monoisotopic (exact) mass is 258 g/mol. The van der Waals surface area contributed by atoms with Crippen molar-refractivity contribution in [3.8, 4) is 0 Å². The van der Waals surface area contributed by atoms with Crippen LogP contribution in [0.5, 0.6) is 0 Å². The molecule has 1 rings (SSSR count). The van der Waals surface area contributed by atoms with Gasteiger partial charge in [-0.3, -0.25) is 4.79 Å². The number of hydrogen-bond donors (Lipinski definition) is 0. The first kappa shape index (κ1) is 13.5. The van der Waals surface area contributed by atoms with Gasteiger partial charge >= 0.3 is 0 Å². The van der Waals surface area contributed by atoms with Gasteiger partial charge < -0.3 is 0 Å². The second-order valence-corrected chi connectivity index (χ2v) is 5.16. The molecular weight excluding hydrogens is 243 g/mol. The van der Waals surface area contributed by atoms with Gasteiger partial charge in [-0.1, -0.05) is 49.2 Å². The first-order chi connectivity index (χ1) is 7.43. The van der Waals surface area contributed by atoms with Crippen molar-refractivity contribution in [1.29, 1.82) is 0 Å². The van der Waals surface area contributed by atoms with Crippen LogP contribution in [0.25, 0.3) is 0 Å². The Morgan fingerprint density at radius 1 is 1.31 bits per heavy atom. The molecule has 0 aliphatic rings. The molecule has 0 amide bonds. The second-order valence-electron chi connectivity index (χ2n) is 4.38. The highest BCUT2D eigenvalue weighted by Crippen LogP contribution is 2.29. The molecule has 1 aromatic carbocycles. The van der Waals surface area contributed by atoms with E-state index < -0.39 is 0 Å². The van der Waals surface area contributed by atoms with E-state index in [1.54, 1.807) is 13.0 Å². The molecule has 1 unspecified atom stereocenters. The highest BCUT2D eigenvalue weighted by Gasteiger charge is 2.20. The third-order valence-corrected chi connectivity index (χ3v) is 3.66. The van der Waals surface area contributed by atoms with Crippen LogP contribution >= 0.6 is 23.2 Å². The standard InChI is InChI=1S/C13H16Cl2O/c1-8(2)11(9(3)16)7-10-5-4-6-12(14)13(10)15/h4-6,8,11H,7H2,1-3H3. The summed E-state index contributed by atoms with van der Waals surface area (Å²) in [5, 5.41) is 1.11. The smallest absolute Gasteiger partial charge is 0.133 e. The summed E-state index contributed by atoms with van der Waals surface area (Å²) in [6, 6.07) is 5.54. The van der Waals surface area contributed by atoms with Crippen LogP contribution in [-0.4, -0.2) is 5.78 Å². The van der Waals surface area contributed by atoms with Crippen LogP contribution in [0.3, 0.4) is 0 Å². The van der Waals surface area contributed by atoms with Crippen molar-refractivity contribution in [2.45, 2.75) is 27.2 Å². The van der Waals surface area contributed by atoms with E-state index in [0.29, 0.717) is 22.4 Å². The van der Waals surface area contributed by atoms with E-state index >= 15 is 0 Å². The van der Waals surface area contributed by atoms with Gasteiger partial charge in [0, 0.05) is 5.92 Å². The molecule has 0 aliphatic carbocycles. The zero-order valence-electron chi connectivity index (χ0n) is 9.76. The zero-order valence-corrected chi connectivity index (χ0v) is 11.3. The van der Waals surface area contributed by atoms with E-state index in [1.165, 1.54) is 0 Å². The number of halogens is 2. The number of carbonyl (C=O) groups is 1. The van der Waals surface area contributed by atoms with Crippen LogP contribution in [0.1, 0.15) is 26.3 Å². The number of ketones is 1. The summed E-state index contributed by atoms with van der Waals surface area (Å²) in [6.07, 6.45) is 0.659. The van der Waals surface area contributed by atoms with Gasteiger partial charge in [-0.25, -0.2) is 0 Å². The Hall–Kier alpha value is -0.530. The van der Waals surface area contributed by atoms with E-state index in [9.17, 15) is 4.79 Å². The highest BCUT2D eigenvalue weighted by molar-refractivity contribution is 6.42. The molecule has 3 heteroatoms. The number of hydrogen-bond acceptors (Lipinski definition) is 1. The molecule has 88 valence electrons. The van der Waals surface area contributed by atoms with Crippen LogP contribution in [0.2, 0.25) is 10.0 Å². The number of benzene rings is 1. The van der Waals surface area contributed by atoms with Crippen molar-refractivity contribution in [3.05, 3.63) is 33.8 Å². The molecule has 0 spiro atoms. The lowest BCUT2D eigenvalue weighted by atomic mass is 9.86. The lowest BCUT2D eigenvalue weighted by molar-refractivity contribution is -0.121. The minimum Gasteiger partial charge on any atom is -0.300 e. The molecule has 1 aromatic rings. The van der Waals surface area contributed by atoms with Crippen LogP contribution in [0.4, 0.5) is 0 Å². The van der Waals surface area contributed by atoms with Crippen molar-refractivity contribution >= 4 is 29.0 Å². The summed E-state index contributed by atoms with van der Waals surface area (Å²) in [5.41, 5.74) is 0.947. The first-order valence-electron chi connectivity index (χ1n) is 5.36. The fourth-order valence-corrected chi connectivity index (χ4v) is 2.19. The Balaban J connectivity index is 2.94. The molecule has 1 atom stereocenters. The summed E-state index contributed by atoms with van der Waals surface area (Å²) in [6.45, 7) is 5.72. The van der Waals surface area contributed by atoms with Crippen molar-refractivity contribution in [3.63, 3.8) is 0 Å². The molecule has 0 radical (unpaired) electrons. The van der Waals surface area contributed by atoms with Crippen LogP contribution in [0.15, 0.2) is 18.2 Å². The maximum Gasteiger partial charge on any atom is 0.133 e. The lowest BCUT2D eigenvalue weighted by Crippen LogP contribution is -2.20. The van der Waals surface area contributed by atoms with E-state index in [2.05, 4.69) is 0 Å². The van der Waals surface area contributed by atoms with Gasteiger partial charge in [0.2, 0.25) is 0 Å². The minimum atomic E-state index is 0.0102. The van der Waals surface area contributed by atoms with Crippen molar-refractivity contribution in [2.24, 2.45) is 11.8 Å². The van der Waals surface area contributed by atoms with Gasteiger partial charge in [0.25, 0.3) is 0 Å². The highest BCUT2D eigenvalue weighted by atomic mass is 35.5. The predicted octanol–water partition coefficient (Wildman–Crippen LogP) is 4.40. The van der Waals surface area contributed by atoms with Gasteiger partial charge in [-0.2, -0.15) is 0 Å². The molecule has 0 aromatic heterocycles. The molecule has 16 heavy (non-hydrogen) atoms. The summed E-state index contributed by atoms with van der Waals surface area (Å²) in [5.74, 6) is 0.523. The first-order valence-corrected chi connectivity index (χ1v) is 6.12. The maximum absolute atomic E-state index is 11.5. The van der Waals surface area contributed by atoms with E-state index in [1.807, 2.05) is 26.0 Å². The molecule has 1 nitrogen and oxygen atoms in total. The molecule has 0 aliphatic heterocycles. The number of rotatable bonds is 4. The third kappa shape index (κ3) is 3.23. The third-order valence-electron chi connectivity index (χ3n) is 2.80. The second kappa shape index (κ2) is 5.70. The average Bonchev–Trinajstić information content (AvgIpc) is 2.19. The van der Waals surface area contributed by atoms with Crippen LogP contribution in [0, 0.1) is 11.8 Å². The summed E-state index contributed by atoms with van der Waals surface area (Å²) >= 11 is 12.0. The Morgan fingerprint density at radius 2 is 1.94 bits per heavy atom. The predicted molar refractivity (Wildman–Crippen MR) is 69.2 cm³/mol. The molecule has 0 fully saturated rings. The zero-order chi connectivity index (χ0) is 12.3. The lowest BCUT2D eigenvalue weighted by Gasteiger charge is -2.18. The number of Topliss-reactive ketones (excluding diaryl/α,β-unsaturated/α-hetero) is 1. The van der Waals surface area contributed by atoms with Gasteiger partial charge in [0.1, 0.15) is 5.78 Å². The summed E-state index contributed by atoms with van der Waals surface area (Å²) in [7, 11) is 0. The van der Waals surface area contributed by atoms with Crippen LogP contribution in [-0.2, 0) is 11.2 Å². The molecule has 0 saturated heterocycles. The summed E-state index contributed by atoms with van der Waals surface area (Å²) in [4.78, 5) is 11.5. The Bertz CT molecular complexity index is 386. The Morgan fingerprint density at radius 3 is 2.44 bits per heavy atom. The van der Waals surface area contributed by atoms with Gasteiger partial charge in [0.15, 0.2) is 0 Å². The molecule has 0 bridgehead atoms. The maximum atomic E-state index is 11.5. The fourth-order valence-electron chi connectivity index (χ4n) is 1.79. The Kier molecular flexibility index (Phi) is 4.82. The van der Waals surface area contributed by atoms with Gasteiger partial charge in [-0.05, 0) is 30.9 Å². The SMILES string of the molecule is CC(=O)C(Cc1cccc(Cl)c1Cl)C(C)C. The van der Waals surface area contributed by atoms with Gasteiger partial charge in [-0.15, -0.1) is 0 Å². The van der Waals surface area contributed by atoms with Crippen LogP contribution < -0.4 is 0 Å². The molecule has 0 heterocycles. The Labute approximate surface area is 107 Å². The molecule has 0 saturated carbocycles. The summed E-state index contributed by atoms with van der Waals surface area (Å²) < 4.78 is 0. The number of carbonyl (C=O) groups excluding carboxylic acids is 1. The fraction of sp³-hybridized carbons (Fsp3) is 0.462. The average molecular weight is 259 g/mol. The van der Waals surface area contributed by atoms with E-state index in [0.717, 1.165) is 5.56 Å². The van der Waals surface area contributed by atoms with Gasteiger partial charge in [0.05, 0.1) is 10.0 Å². The minimum absolute atomic E-state index is 0.0102. The largest absolute Gasteiger partial charge is 0.300 e. The van der Waals surface area contributed by atoms with E-state index in [4.69, 9.17) is 23.2 Å².